The van der Waals surface area contributed by atoms with Gasteiger partial charge in [-0.25, -0.2) is 0 Å². The quantitative estimate of drug-likeness (QED) is 0.306. The molecule has 0 unspecified atom stereocenters. The van der Waals surface area contributed by atoms with Gasteiger partial charge in [-0.1, -0.05) is 36.4 Å². The largest absolute Gasteiger partial charge is 0.378 e. The molecule has 0 aliphatic heterocycles. The summed E-state index contributed by atoms with van der Waals surface area (Å²) in [7, 11) is 8.23. The predicted octanol–water partition coefficient (Wildman–Crippen LogP) is 5.73. The highest BCUT2D eigenvalue weighted by atomic mass is 32.1. The minimum absolute atomic E-state index is 0.151. The van der Waals surface area contributed by atoms with Crippen molar-refractivity contribution < 1.29 is 0 Å². The first-order chi connectivity index (χ1) is 13.5. The number of hydrogen-bond acceptors (Lipinski definition) is 4. The van der Waals surface area contributed by atoms with Gasteiger partial charge < -0.3 is 9.80 Å². The van der Waals surface area contributed by atoms with Crippen LogP contribution >= 0.6 is 12.2 Å². The highest BCUT2D eigenvalue weighted by molar-refractivity contribution is 7.78. The van der Waals surface area contributed by atoms with E-state index in [4.69, 9.17) is 12.2 Å². The molecular weight excluding hydrogens is 362 g/mol. The number of thiocarbonyl (C=S) groups is 1. The number of rotatable bonds is 6. The van der Waals surface area contributed by atoms with Gasteiger partial charge in [-0.05, 0) is 65.3 Å². The van der Waals surface area contributed by atoms with Gasteiger partial charge in [-0.2, -0.15) is 4.99 Å². The van der Waals surface area contributed by atoms with Crippen molar-refractivity contribution in [3.05, 3.63) is 89.5 Å². The second-order valence-corrected chi connectivity index (χ2v) is 7.38. The lowest BCUT2D eigenvalue weighted by Gasteiger charge is -2.21. The molecule has 28 heavy (non-hydrogen) atoms. The topological polar surface area (TPSA) is 18.8 Å². The summed E-state index contributed by atoms with van der Waals surface area (Å²) in [5.74, 6) is 0.151. The Balaban J connectivity index is 2.05. The molecule has 142 valence electrons. The molecule has 0 N–H and O–H groups in total. The molecule has 3 rings (SSSR count). The van der Waals surface area contributed by atoms with Crippen LogP contribution in [-0.4, -0.2) is 33.4 Å². The molecule has 0 radical (unpaired) electrons. The predicted molar refractivity (Wildman–Crippen MR) is 124 cm³/mol. The van der Waals surface area contributed by atoms with Gasteiger partial charge in [0.1, 0.15) is 0 Å². The molecule has 0 bridgehead atoms. The van der Waals surface area contributed by atoms with E-state index in [0.717, 1.165) is 5.69 Å². The van der Waals surface area contributed by atoms with Crippen LogP contribution in [0, 0.1) is 0 Å². The van der Waals surface area contributed by atoms with E-state index in [0.29, 0.717) is 0 Å². The molecule has 3 aromatic rings. The van der Waals surface area contributed by atoms with E-state index in [1.165, 1.54) is 28.1 Å². The fraction of sp³-hybridized carbons (Fsp3) is 0.208. The van der Waals surface area contributed by atoms with Gasteiger partial charge in [-0.15, -0.1) is 0 Å². The number of hydrogen-bond donors (Lipinski definition) is 0. The number of aliphatic imine (C=N–C) groups is 1. The number of benzene rings is 3. The van der Waals surface area contributed by atoms with Gasteiger partial charge >= 0.3 is 0 Å². The van der Waals surface area contributed by atoms with Crippen molar-refractivity contribution in [1.82, 2.24) is 0 Å². The van der Waals surface area contributed by atoms with Crippen molar-refractivity contribution in [2.45, 2.75) is 5.92 Å². The second-order valence-electron chi connectivity index (χ2n) is 7.20. The van der Waals surface area contributed by atoms with Crippen LogP contribution < -0.4 is 9.80 Å². The van der Waals surface area contributed by atoms with E-state index in [2.05, 4.69) is 109 Å². The first-order valence-corrected chi connectivity index (χ1v) is 9.63. The van der Waals surface area contributed by atoms with E-state index < -0.39 is 0 Å². The van der Waals surface area contributed by atoms with Crippen LogP contribution in [0.1, 0.15) is 22.6 Å². The first kappa shape index (κ1) is 19.8. The fourth-order valence-corrected chi connectivity index (χ4v) is 3.41. The molecule has 0 aromatic heterocycles. The summed E-state index contributed by atoms with van der Waals surface area (Å²) >= 11 is 4.71. The normalized spacial score (nSPS) is 10.5. The lowest BCUT2D eigenvalue weighted by atomic mass is 9.85. The Morgan fingerprint density at radius 3 is 1.32 bits per heavy atom. The fourth-order valence-electron chi connectivity index (χ4n) is 3.30. The lowest BCUT2D eigenvalue weighted by Crippen LogP contribution is -2.10. The molecule has 0 amide bonds. The third-order valence-corrected chi connectivity index (χ3v) is 4.98. The van der Waals surface area contributed by atoms with Crippen LogP contribution in [-0.2, 0) is 0 Å². The van der Waals surface area contributed by atoms with Crippen LogP contribution in [0.3, 0.4) is 0 Å². The summed E-state index contributed by atoms with van der Waals surface area (Å²) in [4.78, 5) is 8.30. The van der Waals surface area contributed by atoms with Gasteiger partial charge in [0, 0.05) is 45.5 Å². The maximum atomic E-state index is 4.71. The van der Waals surface area contributed by atoms with Crippen molar-refractivity contribution in [1.29, 1.82) is 0 Å². The van der Waals surface area contributed by atoms with Gasteiger partial charge in [0.05, 0.1) is 10.8 Å². The molecule has 0 aliphatic carbocycles. The van der Waals surface area contributed by atoms with Crippen LogP contribution in [0.2, 0.25) is 0 Å². The molecule has 0 heterocycles. The minimum Gasteiger partial charge on any atom is -0.378 e. The molecule has 4 heteroatoms. The Morgan fingerprint density at radius 2 is 1.00 bits per heavy atom. The smallest absolute Gasteiger partial charge is 0.0739 e. The standard InChI is InChI=1S/C24H25N3S/c1-26(2)22-13-7-19(8-14-22)24(18-5-11-21(12-6-18)25-17-28)20-9-15-23(16-10-20)27(3)4/h5-16,24H,1-4H3. The zero-order valence-electron chi connectivity index (χ0n) is 16.8. The van der Waals surface area contributed by atoms with E-state index in [9.17, 15) is 0 Å². The highest BCUT2D eigenvalue weighted by Crippen LogP contribution is 2.34. The van der Waals surface area contributed by atoms with Crippen LogP contribution in [0.5, 0.6) is 0 Å². The SMILES string of the molecule is CN(C)c1ccc(C(c2ccc(N=C=S)cc2)c2ccc(N(C)C)cc2)cc1. The van der Waals surface area contributed by atoms with Crippen molar-refractivity contribution >= 4 is 34.4 Å². The highest BCUT2D eigenvalue weighted by Gasteiger charge is 2.17. The third kappa shape index (κ3) is 4.48. The van der Waals surface area contributed by atoms with Crippen molar-refractivity contribution in [3.63, 3.8) is 0 Å². The van der Waals surface area contributed by atoms with Crippen LogP contribution in [0.25, 0.3) is 0 Å². The molecule has 0 aliphatic rings. The summed E-state index contributed by atoms with van der Waals surface area (Å²) < 4.78 is 0. The Morgan fingerprint density at radius 1 is 0.643 bits per heavy atom. The summed E-state index contributed by atoms with van der Waals surface area (Å²) in [6.07, 6.45) is 0. The van der Waals surface area contributed by atoms with E-state index in [1.54, 1.807) is 0 Å². The monoisotopic (exact) mass is 387 g/mol. The lowest BCUT2D eigenvalue weighted by molar-refractivity contribution is 0.973. The third-order valence-electron chi connectivity index (χ3n) is 4.89. The molecule has 3 nitrogen and oxygen atoms in total. The number of isothiocyanates is 1. The first-order valence-electron chi connectivity index (χ1n) is 9.22. The number of nitrogens with zero attached hydrogens (tertiary/aromatic N) is 3. The van der Waals surface area contributed by atoms with Gasteiger partial charge in [0.15, 0.2) is 0 Å². The van der Waals surface area contributed by atoms with E-state index in [-0.39, 0.29) is 5.92 Å². The van der Waals surface area contributed by atoms with Crippen molar-refractivity contribution in [2.24, 2.45) is 4.99 Å². The molecule has 0 fully saturated rings. The Hall–Kier alpha value is -2.94. The summed E-state index contributed by atoms with van der Waals surface area (Å²) in [5, 5.41) is 2.43. The van der Waals surface area contributed by atoms with Gasteiger partial charge in [0.25, 0.3) is 0 Å². The van der Waals surface area contributed by atoms with Gasteiger partial charge in [-0.3, -0.25) is 0 Å². The zero-order valence-corrected chi connectivity index (χ0v) is 17.6. The minimum atomic E-state index is 0.151. The van der Waals surface area contributed by atoms with Gasteiger partial charge in [0.2, 0.25) is 0 Å². The maximum absolute atomic E-state index is 4.71. The summed E-state index contributed by atoms with van der Waals surface area (Å²) in [6.45, 7) is 0. The molecule has 0 saturated carbocycles. The Bertz CT molecular complexity index is 901. The average Bonchev–Trinajstić information content (AvgIpc) is 2.70. The molecule has 0 saturated heterocycles. The zero-order chi connectivity index (χ0) is 20.1. The van der Waals surface area contributed by atoms with Crippen LogP contribution in [0.4, 0.5) is 17.1 Å². The van der Waals surface area contributed by atoms with Crippen molar-refractivity contribution in [3.8, 4) is 0 Å². The second kappa shape index (κ2) is 8.83. The Labute approximate surface area is 173 Å². The molecule has 0 spiro atoms. The van der Waals surface area contributed by atoms with E-state index in [1.807, 2.05) is 12.1 Å². The van der Waals surface area contributed by atoms with E-state index >= 15 is 0 Å². The molecule has 0 atom stereocenters. The molecule has 3 aromatic carbocycles. The Kier molecular flexibility index (Phi) is 6.25. The summed E-state index contributed by atoms with van der Waals surface area (Å²) in [6, 6.07) is 25.7. The maximum Gasteiger partial charge on any atom is 0.0739 e. The molecular formula is C24H25N3S. The van der Waals surface area contributed by atoms with Crippen molar-refractivity contribution in [2.75, 3.05) is 38.0 Å². The average molecular weight is 388 g/mol. The number of anilines is 2. The summed E-state index contributed by atoms with van der Waals surface area (Å²) in [5.41, 5.74) is 6.94. The van der Waals surface area contributed by atoms with Crippen LogP contribution in [0.15, 0.2) is 77.8 Å².